The van der Waals surface area contributed by atoms with Gasteiger partial charge in [0.2, 0.25) is 0 Å². The first-order valence-electron chi connectivity index (χ1n) is 3.61. The fourth-order valence-corrected chi connectivity index (χ4v) is 1.50. The molecule has 12 heavy (non-hydrogen) atoms. The van der Waals surface area contributed by atoms with E-state index < -0.39 is 19.5 Å². The summed E-state index contributed by atoms with van der Waals surface area (Å²) in [7, 11) is 3.89. The van der Waals surface area contributed by atoms with Crippen LogP contribution < -0.4 is 0 Å². The Morgan fingerprint density at radius 1 is 1.42 bits per heavy atom. The number of hydrogen-bond donors (Lipinski definition) is 2. The van der Waals surface area contributed by atoms with Crippen LogP contribution in [0.5, 0.6) is 0 Å². The van der Waals surface area contributed by atoms with E-state index in [4.69, 9.17) is 21.8 Å². The first-order valence-corrected chi connectivity index (χ1v) is 4.74. The van der Waals surface area contributed by atoms with E-state index in [1.54, 1.807) is 13.8 Å². The maximum Gasteiger partial charge on any atom is 0.330 e. The molecule has 0 amide bonds. The van der Waals surface area contributed by atoms with Crippen LogP contribution in [0.1, 0.15) is 13.8 Å². The standard InChI is InChI=1S/C6H12BO4P/c1-5(2,7)6(8)3-10-12(9)11-4-6/h8-9H,3-4H2,1-2H3. The third-order valence-corrected chi connectivity index (χ3v) is 2.73. The summed E-state index contributed by atoms with van der Waals surface area (Å²) in [6, 6.07) is 0. The van der Waals surface area contributed by atoms with Gasteiger partial charge >= 0.3 is 8.60 Å². The van der Waals surface area contributed by atoms with Crippen molar-refractivity contribution in [2.24, 2.45) is 0 Å². The molecule has 0 aromatic heterocycles. The fraction of sp³-hybridized carbons (Fsp3) is 1.00. The van der Waals surface area contributed by atoms with Crippen molar-refractivity contribution in [3.05, 3.63) is 0 Å². The molecule has 0 atom stereocenters. The average molecular weight is 190 g/mol. The molecule has 0 aromatic rings. The van der Waals surface area contributed by atoms with Gasteiger partial charge in [0.15, 0.2) is 0 Å². The van der Waals surface area contributed by atoms with Crippen molar-refractivity contribution in [1.82, 2.24) is 0 Å². The maximum atomic E-state index is 9.85. The molecule has 0 saturated carbocycles. The Hall–Kier alpha value is 0.335. The molecule has 1 aliphatic rings. The molecule has 0 bridgehead atoms. The molecular formula is C6H12BO4P. The molecule has 0 spiro atoms. The van der Waals surface area contributed by atoms with Crippen LogP contribution in [-0.4, -0.2) is 36.7 Å². The van der Waals surface area contributed by atoms with Gasteiger partial charge in [-0.25, -0.2) is 0 Å². The molecule has 2 radical (unpaired) electrons. The second kappa shape index (κ2) is 3.24. The van der Waals surface area contributed by atoms with Gasteiger partial charge in [-0.05, 0) is 5.31 Å². The Balaban J connectivity index is 2.62. The van der Waals surface area contributed by atoms with Crippen molar-refractivity contribution < 1.29 is 19.0 Å². The molecule has 4 nitrogen and oxygen atoms in total. The van der Waals surface area contributed by atoms with Crippen molar-refractivity contribution in [2.45, 2.75) is 24.8 Å². The Morgan fingerprint density at radius 2 is 1.83 bits per heavy atom. The first kappa shape index (κ1) is 10.4. The van der Waals surface area contributed by atoms with Crippen LogP contribution >= 0.6 is 8.60 Å². The summed E-state index contributed by atoms with van der Waals surface area (Å²) in [5.41, 5.74) is -1.21. The largest absolute Gasteiger partial charge is 0.385 e. The Labute approximate surface area is 74.3 Å². The van der Waals surface area contributed by atoms with Crippen LogP contribution in [0.25, 0.3) is 0 Å². The van der Waals surface area contributed by atoms with E-state index in [0.29, 0.717) is 0 Å². The molecule has 6 heteroatoms. The summed E-state index contributed by atoms with van der Waals surface area (Å²) >= 11 is 0. The van der Waals surface area contributed by atoms with Gasteiger partial charge < -0.3 is 19.0 Å². The quantitative estimate of drug-likeness (QED) is 0.462. The summed E-state index contributed by atoms with van der Waals surface area (Å²) < 4.78 is 9.58. The average Bonchev–Trinajstić information content (AvgIpc) is 1.93. The maximum absolute atomic E-state index is 9.85. The van der Waals surface area contributed by atoms with Gasteiger partial charge in [0.1, 0.15) is 5.60 Å². The SMILES string of the molecule is [B]C(C)(C)C1(O)COP(O)OC1. The van der Waals surface area contributed by atoms with Gasteiger partial charge in [-0.15, -0.1) is 0 Å². The molecule has 2 N–H and O–H groups in total. The van der Waals surface area contributed by atoms with Crippen molar-refractivity contribution in [3.8, 4) is 0 Å². The summed E-state index contributed by atoms with van der Waals surface area (Å²) in [6.45, 7) is 3.40. The van der Waals surface area contributed by atoms with Gasteiger partial charge in [-0.1, -0.05) is 13.8 Å². The molecule has 0 aromatic carbocycles. The number of rotatable bonds is 1. The van der Waals surface area contributed by atoms with Crippen LogP contribution in [0, 0.1) is 0 Å². The fourth-order valence-electron chi connectivity index (χ4n) is 0.775. The minimum atomic E-state index is -1.81. The summed E-state index contributed by atoms with van der Waals surface area (Å²) in [4.78, 5) is 8.88. The lowest BCUT2D eigenvalue weighted by Gasteiger charge is -2.43. The summed E-state index contributed by atoms with van der Waals surface area (Å²) in [6.07, 6.45) is 0. The molecule has 1 rings (SSSR count). The van der Waals surface area contributed by atoms with Crippen molar-refractivity contribution >= 4 is 16.4 Å². The predicted molar refractivity (Wildman–Crippen MR) is 45.8 cm³/mol. The molecule has 0 unspecified atom stereocenters. The Bertz CT molecular complexity index is 161. The van der Waals surface area contributed by atoms with E-state index in [1.165, 1.54) is 0 Å². The van der Waals surface area contributed by atoms with E-state index in [0.717, 1.165) is 0 Å². The van der Waals surface area contributed by atoms with Crippen molar-refractivity contribution in [1.29, 1.82) is 0 Å². The zero-order valence-electron chi connectivity index (χ0n) is 7.15. The van der Waals surface area contributed by atoms with Crippen molar-refractivity contribution in [2.75, 3.05) is 13.2 Å². The third kappa shape index (κ3) is 1.98. The van der Waals surface area contributed by atoms with Crippen LogP contribution in [-0.2, 0) is 9.05 Å². The second-order valence-electron chi connectivity index (χ2n) is 3.54. The zero-order chi connectivity index (χ0) is 9.41. The molecule has 1 fully saturated rings. The van der Waals surface area contributed by atoms with Crippen LogP contribution in [0.15, 0.2) is 0 Å². The molecular weight excluding hydrogens is 178 g/mol. The normalized spacial score (nSPS) is 38.2. The van der Waals surface area contributed by atoms with Gasteiger partial charge in [0, 0.05) is 0 Å². The summed E-state index contributed by atoms with van der Waals surface area (Å²) in [5, 5.41) is 9.05. The van der Waals surface area contributed by atoms with Crippen LogP contribution in [0.3, 0.4) is 0 Å². The molecule has 0 aliphatic carbocycles. The second-order valence-corrected chi connectivity index (χ2v) is 4.53. The lowest BCUT2D eigenvalue weighted by Crippen LogP contribution is -2.50. The highest BCUT2D eigenvalue weighted by atomic mass is 31.2. The Morgan fingerprint density at radius 3 is 2.17 bits per heavy atom. The van der Waals surface area contributed by atoms with Gasteiger partial charge in [-0.2, -0.15) is 0 Å². The van der Waals surface area contributed by atoms with E-state index in [-0.39, 0.29) is 13.2 Å². The van der Waals surface area contributed by atoms with Crippen LogP contribution in [0.2, 0.25) is 5.31 Å². The highest BCUT2D eigenvalue weighted by Crippen LogP contribution is 2.46. The summed E-state index contributed by atoms with van der Waals surface area (Å²) in [5.74, 6) is 0. The molecule has 68 valence electrons. The van der Waals surface area contributed by atoms with Crippen LogP contribution in [0.4, 0.5) is 0 Å². The smallest absolute Gasteiger partial charge is 0.330 e. The number of aliphatic hydroxyl groups is 1. The van der Waals surface area contributed by atoms with E-state index in [1.807, 2.05) is 0 Å². The third-order valence-electron chi connectivity index (χ3n) is 2.03. The topological polar surface area (TPSA) is 58.9 Å². The first-order chi connectivity index (χ1) is 5.35. The van der Waals surface area contributed by atoms with Gasteiger partial charge in [0.05, 0.1) is 21.1 Å². The molecule has 1 aliphatic heterocycles. The number of hydrogen-bond acceptors (Lipinski definition) is 4. The highest BCUT2D eigenvalue weighted by molar-refractivity contribution is 7.40. The predicted octanol–water partition coefficient (Wildman–Crippen LogP) is 0.350. The molecule has 1 heterocycles. The zero-order valence-corrected chi connectivity index (χ0v) is 8.04. The van der Waals surface area contributed by atoms with E-state index in [9.17, 15) is 5.11 Å². The van der Waals surface area contributed by atoms with Crippen molar-refractivity contribution in [3.63, 3.8) is 0 Å². The molecule has 1 saturated heterocycles. The lowest BCUT2D eigenvalue weighted by atomic mass is 9.61. The lowest BCUT2D eigenvalue weighted by molar-refractivity contribution is -0.0958. The highest BCUT2D eigenvalue weighted by Gasteiger charge is 2.44. The monoisotopic (exact) mass is 190 g/mol. The van der Waals surface area contributed by atoms with E-state index in [2.05, 4.69) is 0 Å². The minimum absolute atomic E-state index is 0.0126. The van der Waals surface area contributed by atoms with Gasteiger partial charge in [0.25, 0.3) is 0 Å². The Kier molecular flexibility index (Phi) is 2.81. The van der Waals surface area contributed by atoms with E-state index >= 15 is 0 Å². The van der Waals surface area contributed by atoms with Gasteiger partial charge in [-0.3, -0.25) is 0 Å². The minimum Gasteiger partial charge on any atom is -0.385 e.